The number of ether oxygens (including phenoxy) is 2. The summed E-state index contributed by atoms with van der Waals surface area (Å²) in [6.07, 6.45) is 3.71. The van der Waals surface area contributed by atoms with Crippen molar-refractivity contribution < 1.29 is 13.9 Å². The van der Waals surface area contributed by atoms with Gasteiger partial charge in [-0.1, -0.05) is 42.1 Å². The summed E-state index contributed by atoms with van der Waals surface area (Å²) in [6, 6.07) is 12.6. The highest BCUT2D eigenvalue weighted by Crippen LogP contribution is 2.39. The quantitative estimate of drug-likeness (QED) is 0.291. The number of thioether (sulfide) groups is 1. The number of hydrogen-bond donors (Lipinski definition) is 1. The third kappa shape index (κ3) is 3.96. The lowest BCUT2D eigenvalue weighted by atomic mass is 9.97. The van der Waals surface area contributed by atoms with Gasteiger partial charge < -0.3 is 14.5 Å². The number of fused-ring (bicyclic) bond motifs is 4. The molecule has 3 heterocycles. The number of benzene rings is 2. The second-order valence-corrected chi connectivity index (χ2v) is 10.3. The second-order valence-electron chi connectivity index (χ2n) is 8.28. The topological polar surface area (TPSA) is 64.2 Å². The maximum absolute atomic E-state index is 14.3. The molecule has 1 N–H and O–H groups in total. The summed E-state index contributed by atoms with van der Waals surface area (Å²) in [5.41, 5.74) is 3.39. The van der Waals surface area contributed by atoms with Gasteiger partial charge >= 0.3 is 0 Å². The molecule has 2 aliphatic rings. The van der Waals surface area contributed by atoms with Crippen molar-refractivity contribution in [2.75, 3.05) is 0 Å². The van der Waals surface area contributed by atoms with Crippen LogP contribution < -0.4 is 10.3 Å². The van der Waals surface area contributed by atoms with Crippen LogP contribution in [-0.4, -0.2) is 9.97 Å². The Morgan fingerprint density at radius 3 is 2.91 bits per heavy atom. The molecule has 0 radical (unpaired) electrons. The van der Waals surface area contributed by atoms with Gasteiger partial charge in [0.2, 0.25) is 6.29 Å². The number of aromatic amines is 1. The Bertz CT molecular complexity index is 1400. The van der Waals surface area contributed by atoms with E-state index in [1.165, 1.54) is 34.3 Å². The fourth-order valence-corrected chi connectivity index (χ4v) is 6.66. The minimum absolute atomic E-state index is 0.0861. The summed E-state index contributed by atoms with van der Waals surface area (Å²) in [5.74, 6) is 0.720. The van der Waals surface area contributed by atoms with E-state index in [0.29, 0.717) is 27.8 Å². The minimum atomic E-state index is -0.542. The average molecular weight is 481 g/mol. The van der Waals surface area contributed by atoms with Gasteiger partial charge in [-0.3, -0.25) is 4.79 Å². The van der Waals surface area contributed by atoms with Crippen LogP contribution in [-0.2, 0) is 29.9 Å². The number of hydrogen-bond acceptors (Lipinski definition) is 6. The van der Waals surface area contributed by atoms with Crippen molar-refractivity contribution in [3.05, 3.63) is 85.8 Å². The van der Waals surface area contributed by atoms with Gasteiger partial charge in [0.15, 0.2) is 5.16 Å². The standard InChI is InChI=1S/C25H21FN2O3S2/c26-17-10-15-12-30-24(14-6-2-1-3-7-14)31-21(15)16(11-17)13-32-25-27-22(29)20-18-8-4-5-9-19(18)33-23(20)28-25/h1-3,6-7,10-11,24H,4-5,8-9,12-13H2,(H,27,28,29). The van der Waals surface area contributed by atoms with Crippen molar-refractivity contribution in [2.45, 2.75) is 49.5 Å². The van der Waals surface area contributed by atoms with E-state index in [4.69, 9.17) is 14.5 Å². The van der Waals surface area contributed by atoms with E-state index in [0.717, 1.165) is 41.5 Å². The normalized spacial score (nSPS) is 17.4. The van der Waals surface area contributed by atoms with Gasteiger partial charge in [-0.25, -0.2) is 9.37 Å². The van der Waals surface area contributed by atoms with E-state index in [2.05, 4.69) is 4.98 Å². The number of thiophene rings is 1. The molecule has 0 spiro atoms. The molecular formula is C25H21FN2O3S2. The molecule has 6 rings (SSSR count). The van der Waals surface area contributed by atoms with Crippen LogP contribution in [0.4, 0.5) is 4.39 Å². The van der Waals surface area contributed by atoms with Crippen LogP contribution in [0, 0.1) is 5.82 Å². The first-order chi connectivity index (χ1) is 16.2. The second kappa shape index (κ2) is 8.59. The fourth-order valence-electron chi connectivity index (χ4n) is 4.52. The molecule has 1 atom stereocenters. The zero-order valence-corrected chi connectivity index (χ0v) is 19.4. The molecular weight excluding hydrogens is 459 g/mol. The van der Waals surface area contributed by atoms with Gasteiger partial charge in [0, 0.05) is 27.3 Å². The number of aryl methyl sites for hydroxylation is 2. The van der Waals surface area contributed by atoms with Crippen molar-refractivity contribution in [1.29, 1.82) is 0 Å². The Hall–Kier alpha value is -2.68. The zero-order valence-electron chi connectivity index (χ0n) is 17.7. The predicted octanol–water partition coefficient (Wildman–Crippen LogP) is 5.90. The summed E-state index contributed by atoms with van der Waals surface area (Å²) in [7, 11) is 0. The number of nitrogens with one attached hydrogen (secondary N) is 1. The maximum Gasteiger partial charge on any atom is 0.260 e. The number of nitrogens with zero attached hydrogens (tertiary/aromatic N) is 1. The van der Waals surface area contributed by atoms with Crippen molar-refractivity contribution >= 4 is 33.3 Å². The van der Waals surface area contributed by atoms with Crippen LogP contribution in [0.1, 0.15) is 46.3 Å². The van der Waals surface area contributed by atoms with E-state index in [1.54, 1.807) is 11.3 Å². The molecule has 168 valence electrons. The Morgan fingerprint density at radius 1 is 1.18 bits per heavy atom. The lowest BCUT2D eigenvalue weighted by Gasteiger charge is -2.28. The van der Waals surface area contributed by atoms with Crippen LogP contribution in [0.3, 0.4) is 0 Å². The van der Waals surface area contributed by atoms with E-state index >= 15 is 0 Å². The number of rotatable bonds is 4. The van der Waals surface area contributed by atoms with Gasteiger partial charge in [-0.2, -0.15) is 0 Å². The highest BCUT2D eigenvalue weighted by Gasteiger charge is 2.26. The summed E-state index contributed by atoms with van der Waals surface area (Å²) in [5, 5.41) is 1.28. The molecule has 2 aromatic carbocycles. The average Bonchev–Trinajstić information content (AvgIpc) is 3.22. The lowest BCUT2D eigenvalue weighted by molar-refractivity contribution is -0.112. The van der Waals surface area contributed by atoms with E-state index < -0.39 is 6.29 Å². The lowest BCUT2D eigenvalue weighted by Crippen LogP contribution is -2.19. The maximum atomic E-state index is 14.3. The fraction of sp³-hybridized carbons (Fsp3) is 0.280. The van der Waals surface area contributed by atoms with Gasteiger partial charge in [-0.15, -0.1) is 11.3 Å². The molecule has 5 nitrogen and oxygen atoms in total. The molecule has 1 unspecified atom stereocenters. The monoisotopic (exact) mass is 480 g/mol. The minimum Gasteiger partial charge on any atom is -0.460 e. The van der Waals surface area contributed by atoms with E-state index in [-0.39, 0.29) is 18.0 Å². The molecule has 1 aliphatic heterocycles. The third-order valence-electron chi connectivity index (χ3n) is 6.06. The predicted molar refractivity (Wildman–Crippen MR) is 127 cm³/mol. The van der Waals surface area contributed by atoms with Crippen LogP contribution in [0.5, 0.6) is 5.75 Å². The smallest absolute Gasteiger partial charge is 0.260 e. The van der Waals surface area contributed by atoms with Crippen molar-refractivity contribution in [3.8, 4) is 5.75 Å². The number of halogens is 1. The molecule has 33 heavy (non-hydrogen) atoms. The molecule has 0 fully saturated rings. The van der Waals surface area contributed by atoms with Gasteiger partial charge in [0.1, 0.15) is 16.4 Å². The Kier molecular flexibility index (Phi) is 5.44. The first-order valence-electron chi connectivity index (χ1n) is 11.0. The van der Waals surface area contributed by atoms with E-state index in [1.807, 2.05) is 30.3 Å². The van der Waals surface area contributed by atoms with Crippen molar-refractivity contribution in [1.82, 2.24) is 9.97 Å². The molecule has 0 saturated carbocycles. The summed E-state index contributed by atoms with van der Waals surface area (Å²) in [6.45, 7) is 0.270. The van der Waals surface area contributed by atoms with Gasteiger partial charge in [0.05, 0.1) is 12.0 Å². The van der Waals surface area contributed by atoms with Crippen LogP contribution in [0.15, 0.2) is 52.4 Å². The Balaban J connectivity index is 1.29. The number of aromatic nitrogens is 2. The summed E-state index contributed by atoms with van der Waals surface area (Å²) in [4.78, 5) is 22.6. The van der Waals surface area contributed by atoms with Crippen molar-refractivity contribution in [2.24, 2.45) is 0 Å². The third-order valence-corrected chi connectivity index (χ3v) is 8.17. The molecule has 2 aromatic heterocycles. The van der Waals surface area contributed by atoms with Crippen molar-refractivity contribution in [3.63, 3.8) is 0 Å². The molecule has 0 amide bonds. The molecule has 0 saturated heterocycles. The van der Waals surface area contributed by atoms with E-state index in [9.17, 15) is 9.18 Å². The molecule has 0 bridgehead atoms. The Morgan fingerprint density at radius 2 is 2.03 bits per heavy atom. The summed E-state index contributed by atoms with van der Waals surface area (Å²) >= 11 is 3.01. The SMILES string of the molecule is O=c1[nH]c(SCc2cc(F)cc3c2OC(c2ccccc2)OC3)nc2sc3c(c12)CCCC3. The largest absolute Gasteiger partial charge is 0.460 e. The highest BCUT2D eigenvalue weighted by molar-refractivity contribution is 7.98. The van der Waals surface area contributed by atoms with Crippen LogP contribution >= 0.6 is 23.1 Å². The summed E-state index contributed by atoms with van der Waals surface area (Å²) < 4.78 is 26.3. The Labute approximate surface area is 198 Å². The highest BCUT2D eigenvalue weighted by atomic mass is 32.2. The number of H-pyrrole nitrogens is 1. The molecule has 4 aromatic rings. The first kappa shape index (κ1) is 20.9. The van der Waals surface area contributed by atoms with Gasteiger partial charge in [0.25, 0.3) is 5.56 Å². The first-order valence-corrected chi connectivity index (χ1v) is 12.8. The van der Waals surface area contributed by atoms with Crippen LogP contribution in [0.2, 0.25) is 0 Å². The molecule has 1 aliphatic carbocycles. The van der Waals surface area contributed by atoms with Gasteiger partial charge in [-0.05, 0) is 43.4 Å². The zero-order chi connectivity index (χ0) is 22.4. The van der Waals surface area contributed by atoms with Crippen LogP contribution in [0.25, 0.3) is 10.2 Å². The molecule has 8 heteroatoms.